The molecule has 0 unspecified atom stereocenters. The number of aromatic amines is 2. The van der Waals surface area contributed by atoms with Gasteiger partial charge in [-0.05, 0) is 25.0 Å². The fraction of sp³-hybridized carbons (Fsp3) is 0.304. The van der Waals surface area contributed by atoms with Gasteiger partial charge in [0.15, 0.2) is 17.5 Å². The van der Waals surface area contributed by atoms with Crippen molar-refractivity contribution in [3.05, 3.63) is 47.9 Å². The molecule has 0 bridgehead atoms. The first kappa shape index (κ1) is 21.8. The van der Waals surface area contributed by atoms with Crippen LogP contribution in [0.4, 0.5) is 16.0 Å². The van der Waals surface area contributed by atoms with E-state index in [2.05, 4.69) is 35.4 Å². The number of imidazole rings is 1. The van der Waals surface area contributed by atoms with Gasteiger partial charge < -0.3 is 24.7 Å². The monoisotopic (exact) mass is 465 g/mol. The topological polar surface area (TPSA) is 121 Å². The molecule has 34 heavy (non-hydrogen) atoms. The van der Waals surface area contributed by atoms with Gasteiger partial charge in [0.25, 0.3) is 5.91 Å². The van der Waals surface area contributed by atoms with Crippen molar-refractivity contribution in [1.82, 2.24) is 25.1 Å². The molecule has 176 valence electrons. The highest BCUT2D eigenvalue weighted by atomic mass is 19.1. The summed E-state index contributed by atoms with van der Waals surface area (Å²) in [6, 6.07) is 8.11. The minimum absolute atomic E-state index is 0.258. The first-order valence-corrected chi connectivity index (χ1v) is 10.9. The molecule has 3 aromatic heterocycles. The first-order chi connectivity index (χ1) is 16.5. The number of hydrogen-bond acceptors (Lipinski definition) is 7. The second-order valence-electron chi connectivity index (χ2n) is 8.04. The molecule has 0 aliphatic carbocycles. The summed E-state index contributed by atoms with van der Waals surface area (Å²) >= 11 is 0. The number of hydrogen-bond donors (Lipinski definition) is 3. The lowest BCUT2D eigenvalue weighted by molar-refractivity contribution is 0.0818. The zero-order chi connectivity index (χ0) is 23.7. The molecular weight excluding hydrogens is 441 g/mol. The minimum atomic E-state index is -0.472. The molecule has 1 saturated heterocycles. The number of methoxy groups -OCH3 is 2. The maximum absolute atomic E-state index is 14.3. The Labute approximate surface area is 194 Å². The largest absolute Gasteiger partial charge is 0.497 e. The molecule has 11 heteroatoms. The normalized spacial score (nSPS) is 14.5. The van der Waals surface area contributed by atoms with Gasteiger partial charge in [-0.25, -0.2) is 14.4 Å². The number of carbonyl (C=O) groups is 1. The number of nitrogens with one attached hydrogen (secondary N) is 3. The summed E-state index contributed by atoms with van der Waals surface area (Å²) in [5.74, 6) is 1.10. The van der Waals surface area contributed by atoms with Crippen LogP contribution in [0.2, 0.25) is 0 Å². The Bertz CT molecular complexity index is 1310. The number of piperidine rings is 1. The molecule has 0 spiro atoms. The van der Waals surface area contributed by atoms with E-state index in [9.17, 15) is 9.18 Å². The molecule has 1 fully saturated rings. The Morgan fingerprint density at radius 2 is 2.03 bits per heavy atom. The lowest BCUT2D eigenvalue weighted by Gasteiger charge is -2.32. The summed E-state index contributed by atoms with van der Waals surface area (Å²) in [5.41, 5.74) is 1.59. The van der Waals surface area contributed by atoms with Crippen molar-refractivity contribution in [2.75, 3.05) is 37.5 Å². The number of anilines is 2. The first-order valence-electron chi connectivity index (χ1n) is 10.9. The van der Waals surface area contributed by atoms with Gasteiger partial charge in [-0.2, -0.15) is 5.10 Å². The number of H-pyrrole nitrogens is 2. The van der Waals surface area contributed by atoms with Crippen LogP contribution in [0.25, 0.3) is 22.6 Å². The molecule has 3 N–H and O–H groups in total. The highest BCUT2D eigenvalue weighted by molar-refractivity contribution is 6.03. The summed E-state index contributed by atoms with van der Waals surface area (Å²) in [7, 11) is 3.20. The predicted molar refractivity (Wildman–Crippen MR) is 125 cm³/mol. The number of benzene rings is 1. The lowest BCUT2D eigenvalue weighted by Crippen LogP contribution is -2.37. The summed E-state index contributed by atoms with van der Waals surface area (Å²) < 4.78 is 24.8. The van der Waals surface area contributed by atoms with E-state index in [0.717, 1.165) is 31.7 Å². The number of carbonyl (C=O) groups excluding carboxylic acids is 1. The van der Waals surface area contributed by atoms with Crippen molar-refractivity contribution in [3.63, 3.8) is 0 Å². The molecule has 1 amide bonds. The maximum Gasteiger partial charge on any atom is 0.258 e. The van der Waals surface area contributed by atoms with Gasteiger partial charge in [0, 0.05) is 44.6 Å². The van der Waals surface area contributed by atoms with E-state index in [1.807, 2.05) is 6.07 Å². The van der Waals surface area contributed by atoms with E-state index in [1.165, 1.54) is 13.2 Å². The molecule has 0 atom stereocenters. The van der Waals surface area contributed by atoms with E-state index in [-0.39, 0.29) is 11.4 Å². The van der Waals surface area contributed by atoms with Crippen molar-refractivity contribution in [2.24, 2.45) is 0 Å². The highest BCUT2D eigenvalue weighted by Gasteiger charge is 2.20. The van der Waals surface area contributed by atoms with Crippen LogP contribution in [0.1, 0.15) is 23.2 Å². The van der Waals surface area contributed by atoms with Crippen LogP contribution in [0.5, 0.6) is 5.75 Å². The zero-order valence-corrected chi connectivity index (χ0v) is 18.8. The fourth-order valence-electron chi connectivity index (χ4n) is 4.02. The summed E-state index contributed by atoms with van der Waals surface area (Å²) in [6.07, 6.45) is 3.75. The van der Waals surface area contributed by atoms with Gasteiger partial charge in [-0.15, -0.1) is 0 Å². The van der Waals surface area contributed by atoms with Crippen LogP contribution < -0.4 is 15.0 Å². The zero-order valence-electron chi connectivity index (χ0n) is 18.8. The third-order valence-corrected chi connectivity index (χ3v) is 5.94. The third kappa shape index (κ3) is 4.29. The highest BCUT2D eigenvalue weighted by Crippen LogP contribution is 2.26. The van der Waals surface area contributed by atoms with Crippen molar-refractivity contribution in [1.29, 1.82) is 0 Å². The van der Waals surface area contributed by atoms with Gasteiger partial charge in [-0.3, -0.25) is 9.89 Å². The molecule has 1 aliphatic rings. The number of aromatic nitrogens is 5. The smallest absolute Gasteiger partial charge is 0.258 e. The summed E-state index contributed by atoms with van der Waals surface area (Å²) in [6.45, 7) is 1.73. The number of nitrogens with zero attached hydrogens (tertiary/aromatic N) is 4. The van der Waals surface area contributed by atoms with Crippen molar-refractivity contribution in [2.45, 2.75) is 18.9 Å². The Hall–Kier alpha value is -3.99. The second kappa shape index (κ2) is 9.10. The number of halogens is 1. The molecule has 5 rings (SSSR count). The lowest BCUT2D eigenvalue weighted by atomic mass is 10.1. The van der Waals surface area contributed by atoms with Crippen LogP contribution in [0, 0.1) is 5.82 Å². The summed E-state index contributed by atoms with van der Waals surface area (Å²) in [4.78, 5) is 26.6. The molecule has 4 aromatic rings. The number of rotatable bonds is 6. The van der Waals surface area contributed by atoms with Crippen LogP contribution in [0.15, 0.2) is 36.5 Å². The van der Waals surface area contributed by atoms with Crippen LogP contribution in [-0.4, -0.2) is 64.5 Å². The van der Waals surface area contributed by atoms with Crippen molar-refractivity contribution >= 4 is 28.6 Å². The van der Waals surface area contributed by atoms with Crippen molar-refractivity contribution in [3.8, 4) is 17.3 Å². The number of fused-ring (bicyclic) bond motifs is 1. The Kier molecular flexibility index (Phi) is 5.84. The molecule has 0 saturated carbocycles. The quantitative estimate of drug-likeness (QED) is 0.399. The molecule has 0 radical (unpaired) electrons. The molecule has 10 nitrogen and oxygen atoms in total. The maximum atomic E-state index is 14.3. The Morgan fingerprint density at radius 3 is 2.74 bits per heavy atom. The van der Waals surface area contributed by atoms with Gasteiger partial charge >= 0.3 is 0 Å². The van der Waals surface area contributed by atoms with Gasteiger partial charge in [0.2, 0.25) is 0 Å². The molecule has 4 heterocycles. The average Bonchev–Trinajstić information content (AvgIpc) is 3.51. The second-order valence-corrected chi connectivity index (χ2v) is 8.04. The van der Waals surface area contributed by atoms with E-state index >= 15 is 0 Å². The minimum Gasteiger partial charge on any atom is -0.497 e. The van der Waals surface area contributed by atoms with Gasteiger partial charge in [-0.1, -0.05) is 0 Å². The predicted octanol–water partition coefficient (Wildman–Crippen LogP) is 3.36. The van der Waals surface area contributed by atoms with Crippen LogP contribution in [0.3, 0.4) is 0 Å². The van der Waals surface area contributed by atoms with Crippen LogP contribution >= 0.6 is 0 Å². The van der Waals surface area contributed by atoms with Gasteiger partial charge in [0.1, 0.15) is 22.8 Å². The molecular formula is C23H24FN7O3. The van der Waals surface area contributed by atoms with Gasteiger partial charge in [0.05, 0.1) is 24.3 Å². The van der Waals surface area contributed by atoms with E-state index < -0.39 is 5.82 Å². The van der Waals surface area contributed by atoms with Crippen molar-refractivity contribution < 1.29 is 18.7 Å². The Morgan fingerprint density at radius 1 is 1.21 bits per heavy atom. The van der Waals surface area contributed by atoms with Crippen LogP contribution in [-0.2, 0) is 4.74 Å². The summed E-state index contributed by atoms with van der Waals surface area (Å²) in [5, 5.41) is 9.66. The Balaban J connectivity index is 1.26. The SMILES string of the molecule is COc1cc(F)c2[nH]c(-c3cc(NC(=O)c4ccc(N5CCC(OC)CC5)nc4)n[nH]3)nc2c1. The standard InChI is InChI=1S/C23H24FN7O3/c1-33-14-5-7-31(8-6-14)20-4-3-13(12-25-20)23(32)27-19-11-18(29-30-19)22-26-17-10-15(34-2)9-16(24)21(17)28-22/h3-4,9-12,14H,5-8H2,1-2H3,(H,26,28)(H2,27,29,30,32). The molecule has 1 aliphatic heterocycles. The number of ether oxygens (including phenoxy) is 2. The number of pyridine rings is 1. The fourth-order valence-corrected chi connectivity index (χ4v) is 4.02. The van der Waals surface area contributed by atoms with E-state index in [1.54, 1.807) is 31.5 Å². The number of amides is 1. The average molecular weight is 465 g/mol. The third-order valence-electron chi connectivity index (χ3n) is 5.94. The van der Waals surface area contributed by atoms with E-state index in [0.29, 0.717) is 40.3 Å². The molecule has 1 aromatic carbocycles. The van der Waals surface area contributed by atoms with E-state index in [4.69, 9.17) is 9.47 Å².